The SMILES string of the molecule is O=[N+]([O-])c1ccccc1SN[C@@H](NC(=S)Nc1ccccc1Br)C(Cl)(Cl)Cl. The van der Waals surface area contributed by atoms with Gasteiger partial charge in [0.1, 0.15) is 11.1 Å². The van der Waals surface area contributed by atoms with Gasteiger partial charge in [0.15, 0.2) is 5.11 Å². The Bertz CT molecular complexity index is 839. The number of para-hydroxylation sites is 2. The van der Waals surface area contributed by atoms with Crippen LogP contribution < -0.4 is 15.4 Å². The molecular weight excluding hydrogens is 519 g/mol. The van der Waals surface area contributed by atoms with E-state index >= 15 is 0 Å². The summed E-state index contributed by atoms with van der Waals surface area (Å²) in [7, 11) is 0. The molecule has 2 rings (SSSR count). The zero-order valence-electron chi connectivity index (χ0n) is 13.3. The fourth-order valence-electron chi connectivity index (χ4n) is 1.85. The van der Waals surface area contributed by atoms with Crippen LogP contribution in [-0.4, -0.2) is 20.0 Å². The summed E-state index contributed by atoms with van der Waals surface area (Å²) in [6.45, 7) is 0. The second-order valence-electron chi connectivity index (χ2n) is 5.00. The van der Waals surface area contributed by atoms with Crippen LogP contribution in [-0.2, 0) is 0 Å². The minimum absolute atomic E-state index is 0.0630. The van der Waals surface area contributed by atoms with Crippen molar-refractivity contribution in [2.75, 3.05) is 5.32 Å². The van der Waals surface area contributed by atoms with Gasteiger partial charge in [-0.05, 0) is 58.3 Å². The molecule has 144 valence electrons. The Kier molecular flexibility index (Phi) is 8.41. The Morgan fingerprint density at radius 3 is 2.44 bits per heavy atom. The molecule has 2 aromatic carbocycles. The fourth-order valence-corrected chi connectivity index (χ4v) is 3.85. The van der Waals surface area contributed by atoms with E-state index in [9.17, 15) is 10.1 Å². The number of hydrogen-bond acceptors (Lipinski definition) is 5. The third-order valence-electron chi connectivity index (χ3n) is 3.07. The van der Waals surface area contributed by atoms with Crippen LogP contribution in [0.4, 0.5) is 11.4 Å². The van der Waals surface area contributed by atoms with Crippen molar-refractivity contribution in [1.29, 1.82) is 0 Å². The number of alkyl halides is 3. The van der Waals surface area contributed by atoms with E-state index in [0.29, 0.717) is 4.90 Å². The molecule has 1 atom stereocenters. The topological polar surface area (TPSA) is 79.2 Å². The summed E-state index contributed by atoms with van der Waals surface area (Å²) < 4.78 is 1.89. The normalized spacial score (nSPS) is 12.3. The summed E-state index contributed by atoms with van der Waals surface area (Å²) in [5.41, 5.74) is 0.663. The molecular formula is C15H12BrCl3N4O2S2. The van der Waals surface area contributed by atoms with Gasteiger partial charge in [-0.2, -0.15) is 0 Å². The second kappa shape index (κ2) is 10.1. The molecule has 0 bridgehead atoms. The van der Waals surface area contributed by atoms with Gasteiger partial charge < -0.3 is 10.6 Å². The van der Waals surface area contributed by atoms with E-state index in [1.54, 1.807) is 18.2 Å². The van der Waals surface area contributed by atoms with Gasteiger partial charge in [0.2, 0.25) is 3.79 Å². The lowest BCUT2D eigenvalue weighted by Gasteiger charge is -2.27. The van der Waals surface area contributed by atoms with E-state index < -0.39 is 14.9 Å². The lowest BCUT2D eigenvalue weighted by Crippen LogP contribution is -2.52. The maximum atomic E-state index is 11.1. The van der Waals surface area contributed by atoms with Crippen molar-refractivity contribution < 1.29 is 4.92 Å². The molecule has 0 heterocycles. The highest BCUT2D eigenvalue weighted by molar-refractivity contribution is 9.10. The number of nitro groups is 1. The zero-order valence-corrected chi connectivity index (χ0v) is 18.8. The van der Waals surface area contributed by atoms with Crippen molar-refractivity contribution >= 4 is 91.4 Å². The Hall–Kier alpha value is -0.810. The fraction of sp³-hybridized carbons (Fsp3) is 0.133. The lowest BCUT2D eigenvalue weighted by atomic mass is 10.3. The number of anilines is 1. The van der Waals surface area contributed by atoms with Crippen molar-refractivity contribution in [3.05, 3.63) is 63.1 Å². The number of nitrogens with one attached hydrogen (secondary N) is 3. The van der Waals surface area contributed by atoms with Crippen molar-refractivity contribution in [2.45, 2.75) is 14.9 Å². The largest absolute Gasteiger partial charge is 0.343 e. The summed E-state index contributed by atoms with van der Waals surface area (Å²) in [4.78, 5) is 11.0. The molecule has 2 aromatic rings. The van der Waals surface area contributed by atoms with E-state index in [1.807, 2.05) is 24.3 Å². The molecule has 0 saturated heterocycles. The average Bonchev–Trinajstić information content (AvgIpc) is 2.59. The highest BCUT2D eigenvalue weighted by atomic mass is 79.9. The van der Waals surface area contributed by atoms with Crippen LogP contribution in [0.1, 0.15) is 0 Å². The highest BCUT2D eigenvalue weighted by Crippen LogP contribution is 2.33. The van der Waals surface area contributed by atoms with Gasteiger partial charge in [-0.15, -0.1) is 0 Å². The van der Waals surface area contributed by atoms with Crippen LogP contribution in [0.15, 0.2) is 57.9 Å². The monoisotopic (exact) mass is 528 g/mol. The van der Waals surface area contributed by atoms with Gasteiger partial charge >= 0.3 is 0 Å². The number of rotatable bonds is 6. The first kappa shape index (κ1) is 22.5. The standard InChI is InChI=1S/C15H12BrCl3N4O2S2/c16-9-5-1-2-6-10(9)20-14(26)21-13(15(17,18)19)22-27-12-8-4-3-7-11(12)23(24)25/h1-8,13,22H,(H2,20,21,26)/t13-/m1/s1. The van der Waals surface area contributed by atoms with Crippen molar-refractivity contribution in [2.24, 2.45) is 0 Å². The minimum Gasteiger partial charge on any atom is -0.343 e. The first-order valence-electron chi connectivity index (χ1n) is 7.23. The Labute approximate surface area is 188 Å². The number of nitrogens with zero attached hydrogens (tertiary/aromatic N) is 1. The molecule has 0 amide bonds. The molecule has 6 nitrogen and oxygen atoms in total. The third kappa shape index (κ3) is 6.94. The number of benzene rings is 2. The molecule has 0 unspecified atom stereocenters. The quantitative estimate of drug-likeness (QED) is 0.111. The van der Waals surface area contributed by atoms with Crippen molar-refractivity contribution in [1.82, 2.24) is 10.0 Å². The van der Waals surface area contributed by atoms with E-state index in [0.717, 1.165) is 22.1 Å². The first-order valence-corrected chi connectivity index (χ1v) is 10.4. The van der Waals surface area contributed by atoms with Crippen LogP contribution >= 0.6 is 74.9 Å². The van der Waals surface area contributed by atoms with Crippen LogP contribution in [0.3, 0.4) is 0 Å². The van der Waals surface area contributed by atoms with E-state index in [1.165, 1.54) is 6.07 Å². The molecule has 0 radical (unpaired) electrons. The van der Waals surface area contributed by atoms with Gasteiger partial charge in [-0.3, -0.25) is 10.1 Å². The summed E-state index contributed by atoms with van der Waals surface area (Å²) in [5.74, 6) is 0. The number of halogens is 4. The molecule has 0 aliphatic heterocycles. The molecule has 0 spiro atoms. The lowest BCUT2D eigenvalue weighted by molar-refractivity contribution is -0.387. The van der Waals surface area contributed by atoms with Crippen LogP contribution in [0.5, 0.6) is 0 Å². The Morgan fingerprint density at radius 2 is 1.81 bits per heavy atom. The predicted octanol–water partition coefficient (Wildman–Crippen LogP) is 5.64. The summed E-state index contributed by atoms with van der Waals surface area (Å²) in [6.07, 6.45) is -0.935. The van der Waals surface area contributed by atoms with E-state index in [4.69, 9.17) is 47.0 Å². The molecule has 0 fully saturated rings. The van der Waals surface area contributed by atoms with Gasteiger partial charge in [0.05, 0.1) is 10.6 Å². The maximum absolute atomic E-state index is 11.1. The van der Waals surface area contributed by atoms with Gasteiger partial charge in [0.25, 0.3) is 5.69 Å². The summed E-state index contributed by atoms with van der Waals surface area (Å²) in [5, 5.41) is 17.1. The molecule has 0 aliphatic rings. The van der Waals surface area contributed by atoms with Crippen molar-refractivity contribution in [3.63, 3.8) is 0 Å². The van der Waals surface area contributed by atoms with Gasteiger partial charge in [-0.25, -0.2) is 4.72 Å². The van der Waals surface area contributed by atoms with Crippen LogP contribution in [0.2, 0.25) is 0 Å². The smallest absolute Gasteiger partial charge is 0.284 e. The maximum Gasteiger partial charge on any atom is 0.284 e. The molecule has 0 aromatic heterocycles. The molecule has 0 aliphatic carbocycles. The Morgan fingerprint density at radius 1 is 1.19 bits per heavy atom. The third-order valence-corrected chi connectivity index (χ3v) is 5.56. The second-order valence-corrected chi connectivity index (χ2v) is 9.51. The first-order chi connectivity index (χ1) is 12.7. The van der Waals surface area contributed by atoms with E-state index in [2.05, 4.69) is 31.3 Å². The Balaban J connectivity index is 2.07. The highest BCUT2D eigenvalue weighted by Gasteiger charge is 2.34. The zero-order chi connectivity index (χ0) is 20.0. The predicted molar refractivity (Wildman–Crippen MR) is 120 cm³/mol. The van der Waals surface area contributed by atoms with Crippen LogP contribution in [0.25, 0.3) is 0 Å². The average molecular weight is 531 g/mol. The van der Waals surface area contributed by atoms with Gasteiger partial charge in [0, 0.05) is 10.5 Å². The van der Waals surface area contributed by atoms with Gasteiger partial charge in [-0.1, -0.05) is 59.1 Å². The van der Waals surface area contributed by atoms with Crippen LogP contribution in [0, 0.1) is 10.1 Å². The number of nitro benzene ring substituents is 1. The summed E-state index contributed by atoms with van der Waals surface area (Å²) >= 11 is 27.6. The molecule has 0 saturated carbocycles. The molecule has 12 heteroatoms. The number of thiocarbonyl (C=S) groups is 1. The minimum atomic E-state index is -1.78. The molecule has 27 heavy (non-hydrogen) atoms. The molecule has 3 N–H and O–H groups in total. The summed E-state index contributed by atoms with van der Waals surface area (Å²) in [6, 6.07) is 13.6. The van der Waals surface area contributed by atoms with Crippen molar-refractivity contribution in [3.8, 4) is 0 Å². The number of hydrogen-bond donors (Lipinski definition) is 3. The van der Waals surface area contributed by atoms with E-state index in [-0.39, 0.29) is 10.8 Å².